The summed E-state index contributed by atoms with van der Waals surface area (Å²) >= 11 is 3.29. The second-order valence-electron chi connectivity index (χ2n) is 4.19. The highest BCUT2D eigenvalue weighted by atomic mass is 79.9. The maximum Gasteiger partial charge on any atom is 0.338 e. The number of esters is 1. The Kier molecular flexibility index (Phi) is 4.79. The first-order valence-electron chi connectivity index (χ1n) is 6.26. The van der Waals surface area contributed by atoms with Crippen molar-refractivity contribution >= 4 is 27.9 Å². The van der Waals surface area contributed by atoms with Gasteiger partial charge in [0.05, 0.1) is 18.2 Å². The molecular weight excluding hydrogens is 324 g/mol. The fourth-order valence-corrected chi connectivity index (χ4v) is 2.51. The number of alkyl halides is 1. The normalized spacial score (nSPS) is 18.3. The van der Waals surface area contributed by atoms with Crippen LogP contribution in [-0.2, 0) is 9.53 Å². The van der Waals surface area contributed by atoms with Crippen LogP contribution in [-0.4, -0.2) is 23.9 Å². The minimum absolute atomic E-state index is 0.285. The zero-order chi connectivity index (χ0) is 14.5. The molecule has 6 heteroatoms. The Morgan fingerprint density at radius 1 is 1.35 bits per heavy atom. The third kappa shape index (κ3) is 3.01. The molecule has 0 fully saturated rings. The molecule has 20 heavy (non-hydrogen) atoms. The smallest absolute Gasteiger partial charge is 0.338 e. The highest BCUT2D eigenvalue weighted by Crippen LogP contribution is 2.28. The minimum Gasteiger partial charge on any atom is -0.463 e. The van der Waals surface area contributed by atoms with Crippen molar-refractivity contribution in [2.24, 2.45) is 0 Å². The van der Waals surface area contributed by atoms with Crippen LogP contribution >= 0.6 is 15.9 Å². The topological polar surface area (TPSA) is 67.4 Å². The van der Waals surface area contributed by atoms with Gasteiger partial charge in [-0.2, -0.15) is 0 Å². The third-order valence-corrected chi connectivity index (χ3v) is 3.48. The summed E-state index contributed by atoms with van der Waals surface area (Å²) in [6.07, 6.45) is 0. The third-order valence-electron chi connectivity index (χ3n) is 2.92. The van der Waals surface area contributed by atoms with Gasteiger partial charge in [-0.3, -0.25) is 0 Å². The number of urea groups is 1. The maximum atomic E-state index is 12.2. The number of halogens is 1. The molecule has 106 valence electrons. The lowest BCUT2D eigenvalue weighted by Gasteiger charge is -2.28. The van der Waals surface area contributed by atoms with Crippen molar-refractivity contribution in [1.29, 1.82) is 0 Å². The van der Waals surface area contributed by atoms with Crippen LogP contribution in [0.1, 0.15) is 18.5 Å². The molecule has 1 atom stereocenters. The van der Waals surface area contributed by atoms with Gasteiger partial charge in [0.2, 0.25) is 0 Å². The van der Waals surface area contributed by atoms with Gasteiger partial charge in [-0.15, -0.1) is 0 Å². The summed E-state index contributed by atoms with van der Waals surface area (Å²) in [5, 5.41) is 5.77. The van der Waals surface area contributed by atoms with Gasteiger partial charge >= 0.3 is 12.0 Å². The average molecular weight is 339 g/mol. The van der Waals surface area contributed by atoms with Crippen molar-refractivity contribution in [2.45, 2.75) is 13.0 Å². The molecule has 0 unspecified atom stereocenters. The molecule has 1 aliphatic rings. The number of benzene rings is 1. The highest BCUT2D eigenvalue weighted by Gasteiger charge is 2.32. The fraction of sp³-hybridized carbons (Fsp3) is 0.286. The molecule has 0 radical (unpaired) electrons. The molecule has 1 heterocycles. The Hall–Kier alpha value is -1.82. The van der Waals surface area contributed by atoms with Gasteiger partial charge in [-0.25, -0.2) is 9.59 Å². The number of rotatable bonds is 4. The van der Waals surface area contributed by atoms with Gasteiger partial charge in [0, 0.05) is 11.0 Å². The van der Waals surface area contributed by atoms with Crippen LogP contribution < -0.4 is 10.6 Å². The molecule has 2 N–H and O–H groups in total. The number of allylic oxidation sites excluding steroid dienone is 1. The summed E-state index contributed by atoms with van der Waals surface area (Å²) in [6.45, 7) is 2.03. The van der Waals surface area contributed by atoms with E-state index < -0.39 is 12.0 Å². The second kappa shape index (κ2) is 6.56. The molecule has 0 saturated carbocycles. The zero-order valence-electron chi connectivity index (χ0n) is 11.0. The van der Waals surface area contributed by atoms with Crippen LogP contribution in [0.5, 0.6) is 0 Å². The molecule has 5 nitrogen and oxygen atoms in total. The van der Waals surface area contributed by atoms with Gasteiger partial charge < -0.3 is 15.4 Å². The van der Waals surface area contributed by atoms with Gasteiger partial charge in [-0.1, -0.05) is 46.3 Å². The lowest BCUT2D eigenvalue weighted by molar-refractivity contribution is -0.139. The average Bonchev–Trinajstić information content (AvgIpc) is 2.47. The van der Waals surface area contributed by atoms with Crippen molar-refractivity contribution < 1.29 is 14.3 Å². The molecule has 0 bridgehead atoms. The first-order valence-corrected chi connectivity index (χ1v) is 7.38. The van der Waals surface area contributed by atoms with Crippen molar-refractivity contribution in [3.63, 3.8) is 0 Å². The molecule has 2 rings (SSSR count). The number of nitrogens with one attached hydrogen (secondary N) is 2. The van der Waals surface area contributed by atoms with E-state index in [0.29, 0.717) is 16.6 Å². The largest absolute Gasteiger partial charge is 0.463 e. The Morgan fingerprint density at radius 3 is 2.65 bits per heavy atom. The second-order valence-corrected chi connectivity index (χ2v) is 4.75. The summed E-state index contributed by atoms with van der Waals surface area (Å²) in [6, 6.07) is 8.49. The van der Waals surface area contributed by atoms with Gasteiger partial charge in [0.15, 0.2) is 0 Å². The summed E-state index contributed by atoms with van der Waals surface area (Å²) in [5.74, 6) is -0.427. The molecule has 2 amide bonds. The van der Waals surface area contributed by atoms with E-state index in [1.54, 1.807) is 6.92 Å². The number of ether oxygens (including phenoxy) is 1. The van der Waals surface area contributed by atoms with E-state index in [0.717, 1.165) is 5.56 Å². The Balaban J connectivity index is 2.46. The van der Waals surface area contributed by atoms with Crippen LogP contribution in [0.4, 0.5) is 4.79 Å². The van der Waals surface area contributed by atoms with E-state index >= 15 is 0 Å². The van der Waals surface area contributed by atoms with Crippen LogP contribution in [0.2, 0.25) is 0 Å². The number of carbonyl (C=O) groups is 2. The standard InChI is InChI=1S/C14H15BrN2O3/c1-2-20-13(18)11-10(8-15)16-14(19)17-12(11)9-6-4-3-5-7-9/h3-7,12H,2,8H2,1H3,(H2,16,17,19)/t12-/m1/s1. The number of amides is 2. The van der Waals surface area contributed by atoms with Crippen LogP contribution in [0.15, 0.2) is 41.6 Å². The highest BCUT2D eigenvalue weighted by molar-refractivity contribution is 9.09. The van der Waals surface area contributed by atoms with Gasteiger partial charge in [0.25, 0.3) is 0 Å². The summed E-state index contributed by atoms with van der Waals surface area (Å²) in [7, 11) is 0. The zero-order valence-corrected chi connectivity index (χ0v) is 12.6. The van der Waals surface area contributed by atoms with E-state index in [1.807, 2.05) is 30.3 Å². The van der Waals surface area contributed by atoms with Gasteiger partial charge in [0.1, 0.15) is 0 Å². The van der Waals surface area contributed by atoms with E-state index in [4.69, 9.17) is 4.74 Å². The number of carbonyl (C=O) groups excluding carboxylic acids is 2. The van der Waals surface area contributed by atoms with Crippen molar-refractivity contribution in [1.82, 2.24) is 10.6 Å². The fourth-order valence-electron chi connectivity index (χ4n) is 2.07. The Labute approximate surface area is 125 Å². The summed E-state index contributed by atoms with van der Waals surface area (Å²) in [5.41, 5.74) is 1.79. The van der Waals surface area contributed by atoms with Crippen molar-refractivity contribution in [3.05, 3.63) is 47.2 Å². The van der Waals surface area contributed by atoms with Crippen molar-refractivity contribution in [3.8, 4) is 0 Å². The molecule has 1 aliphatic heterocycles. The summed E-state index contributed by atoms with van der Waals surface area (Å²) < 4.78 is 5.09. The molecular formula is C14H15BrN2O3. The molecule has 0 aromatic heterocycles. The first-order chi connectivity index (χ1) is 9.67. The minimum atomic E-state index is -0.503. The molecule has 0 saturated heterocycles. The van der Waals surface area contributed by atoms with Crippen LogP contribution in [0.25, 0.3) is 0 Å². The monoisotopic (exact) mass is 338 g/mol. The predicted octanol–water partition coefficient (Wildman–Crippen LogP) is 2.25. The molecule has 1 aromatic carbocycles. The molecule has 0 aliphatic carbocycles. The van der Waals surface area contributed by atoms with E-state index in [-0.39, 0.29) is 12.6 Å². The Morgan fingerprint density at radius 2 is 2.05 bits per heavy atom. The van der Waals surface area contributed by atoms with Crippen molar-refractivity contribution in [2.75, 3.05) is 11.9 Å². The Bertz CT molecular complexity index is 543. The maximum absolute atomic E-state index is 12.2. The van der Waals surface area contributed by atoms with Crippen LogP contribution in [0.3, 0.4) is 0 Å². The van der Waals surface area contributed by atoms with Crippen LogP contribution in [0, 0.1) is 0 Å². The number of hydrogen-bond donors (Lipinski definition) is 2. The SMILES string of the molecule is CCOC(=O)C1=C(CBr)NC(=O)N[C@@H]1c1ccccc1. The summed E-state index contributed by atoms with van der Waals surface area (Å²) in [4.78, 5) is 23.9. The van der Waals surface area contributed by atoms with E-state index in [1.165, 1.54) is 0 Å². The lowest BCUT2D eigenvalue weighted by atomic mass is 9.96. The molecule has 1 aromatic rings. The number of hydrogen-bond acceptors (Lipinski definition) is 3. The predicted molar refractivity (Wildman–Crippen MR) is 78.3 cm³/mol. The quantitative estimate of drug-likeness (QED) is 0.653. The first kappa shape index (κ1) is 14.6. The van der Waals surface area contributed by atoms with E-state index in [2.05, 4.69) is 26.6 Å². The van der Waals surface area contributed by atoms with E-state index in [9.17, 15) is 9.59 Å². The van der Waals surface area contributed by atoms with Gasteiger partial charge in [-0.05, 0) is 12.5 Å². The molecule has 0 spiro atoms. The lowest BCUT2D eigenvalue weighted by Crippen LogP contribution is -2.46.